The van der Waals surface area contributed by atoms with Gasteiger partial charge in [0.15, 0.2) is 5.16 Å². The number of amides is 1. The SMILES string of the molecule is CCn1c(SCC(=O)N2CCOC3CCCCC32)nc2ccccc2c1=O. The number of hydrogen-bond donors (Lipinski definition) is 0. The Labute approximate surface area is 162 Å². The molecule has 1 amide bonds. The average Bonchev–Trinajstić information content (AvgIpc) is 2.71. The van der Waals surface area contributed by atoms with E-state index in [0.29, 0.717) is 41.5 Å². The van der Waals surface area contributed by atoms with E-state index in [-0.39, 0.29) is 23.6 Å². The van der Waals surface area contributed by atoms with E-state index >= 15 is 0 Å². The van der Waals surface area contributed by atoms with Crippen LogP contribution >= 0.6 is 11.8 Å². The van der Waals surface area contributed by atoms with Crippen LogP contribution in [0.5, 0.6) is 0 Å². The number of para-hydroxylation sites is 1. The largest absolute Gasteiger partial charge is 0.374 e. The molecule has 27 heavy (non-hydrogen) atoms. The summed E-state index contributed by atoms with van der Waals surface area (Å²) in [7, 11) is 0. The number of rotatable bonds is 4. The third-order valence-electron chi connectivity index (χ3n) is 5.52. The predicted molar refractivity (Wildman–Crippen MR) is 106 cm³/mol. The summed E-state index contributed by atoms with van der Waals surface area (Å²) >= 11 is 1.36. The summed E-state index contributed by atoms with van der Waals surface area (Å²) in [5, 5.41) is 1.23. The summed E-state index contributed by atoms with van der Waals surface area (Å²) < 4.78 is 7.52. The summed E-state index contributed by atoms with van der Waals surface area (Å²) in [6.07, 6.45) is 4.59. The average molecular weight is 388 g/mol. The molecular formula is C20H25N3O3S. The number of ether oxygens (including phenoxy) is 1. The Kier molecular flexibility index (Phi) is 5.50. The minimum absolute atomic E-state index is 0.0447. The molecule has 2 heterocycles. The summed E-state index contributed by atoms with van der Waals surface area (Å²) in [4.78, 5) is 32.3. The molecule has 2 atom stereocenters. The van der Waals surface area contributed by atoms with E-state index < -0.39 is 0 Å². The van der Waals surface area contributed by atoms with Crippen molar-refractivity contribution in [2.45, 2.75) is 56.5 Å². The van der Waals surface area contributed by atoms with Gasteiger partial charge in [0, 0.05) is 13.1 Å². The number of thioether (sulfide) groups is 1. The van der Waals surface area contributed by atoms with Crippen molar-refractivity contribution < 1.29 is 9.53 Å². The zero-order valence-corrected chi connectivity index (χ0v) is 16.4. The summed E-state index contributed by atoms with van der Waals surface area (Å²) in [5.41, 5.74) is 0.637. The van der Waals surface area contributed by atoms with Crippen molar-refractivity contribution in [1.82, 2.24) is 14.5 Å². The van der Waals surface area contributed by atoms with Gasteiger partial charge in [-0.05, 0) is 31.9 Å². The van der Waals surface area contributed by atoms with Crippen molar-refractivity contribution in [1.29, 1.82) is 0 Å². The van der Waals surface area contributed by atoms with E-state index in [1.165, 1.54) is 18.2 Å². The number of aromatic nitrogens is 2. The van der Waals surface area contributed by atoms with Crippen molar-refractivity contribution in [2.75, 3.05) is 18.9 Å². The molecule has 1 aliphatic carbocycles. The number of fused-ring (bicyclic) bond motifs is 2. The standard InChI is InChI=1S/C20H25N3O3S/c1-2-22-19(25)14-7-3-4-8-15(14)21-20(22)27-13-18(24)23-11-12-26-17-10-6-5-9-16(17)23/h3-4,7-8,16-17H,2,5-6,9-13H2,1H3. The Morgan fingerprint density at radius 3 is 2.96 bits per heavy atom. The molecule has 1 aromatic heterocycles. The normalized spacial score (nSPS) is 22.6. The second-order valence-electron chi connectivity index (χ2n) is 7.10. The van der Waals surface area contributed by atoms with E-state index in [4.69, 9.17) is 4.74 Å². The number of nitrogens with zero attached hydrogens (tertiary/aromatic N) is 3. The first kappa shape index (κ1) is 18.5. The highest BCUT2D eigenvalue weighted by Crippen LogP contribution is 2.29. The Hall–Kier alpha value is -1.86. The zero-order valence-electron chi connectivity index (χ0n) is 15.6. The maximum Gasteiger partial charge on any atom is 0.262 e. The lowest BCUT2D eigenvalue weighted by Gasteiger charge is -2.43. The van der Waals surface area contributed by atoms with Gasteiger partial charge in [0.05, 0.1) is 35.4 Å². The molecular weight excluding hydrogens is 362 g/mol. The molecule has 2 fully saturated rings. The highest BCUT2D eigenvalue weighted by molar-refractivity contribution is 7.99. The maximum atomic E-state index is 12.9. The molecule has 6 nitrogen and oxygen atoms in total. The topological polar surface area (TPSA) is 64.4 Å². The highest BCUT2D eigenvalue weighted by atomic mass is 32.2. The zero-order chi connectivity index (χ0) is 18.8. The Bertz CT molecular complexity index is 896. The van der Waals surface area contributed by atoms with Gasteiger partial charge in [-0.1, -0.05) is 36.7 Å². The molecule has 7 heteroatoms. The van der Waals surface area contributed by atoms with E-state index in [2.05, 4.69) is 4.98 Å². The molecule has 2 aliphatic rings. The van der Waals surface area contributed by atoms with Gasteiger partial charge in [0.1, 0.15) is 0 Å². The second kappa shape index (κ2) is 8.02. The third kappa shape index (κ3) is 3.62. The first-order chi connectivity index (χ1) is 13.2. The van der Waals surface area contributed by atoms with Crippen molar-refractivity contribution in [3.8, 4) is 0 Å². The molecule has 2 aromatic rings. The van der Waals surface area contributed by atoms with Crippen molar-refractivity contribution in [3.05, 3.63) is 34.6 Å². The minimum Gasteiger partial charge on any atom is -0.374 e. The van der Waals surface area contributed by atoms with E-state index in [0.717, 1.165) is 19.3 Å². The van der Waals surface area contributed by atoms with E-state index in [9.17, 15) is 9.59 Å². The van der Waals surface area contributed by atoms with Gasteiger partial charge >= 0.3 is 0 Å². The molecule has 0 N–H and O–H groups in total. The number of carbonyl (C=O) groups excluding carboxylic acids is 1. The number of hydrogen-bond acceptors (Lipinski definition) is 5. The van der Waals surface area contributed by atoms with Crippen LogP contribution in [-0.4, -0.2) is 51.4 Å². The van der Waals surface area contributed by atoms with E-state index in [1.54, 1.807) is 10.6 Å². The van der Waals surface area contributed by atoms with Crippen molar-refractivity contribution >= 4 is 28.6 Å². The lowest BCUT2D eigenvalue weighted by Crippen LogP contribution is -2.55. The van der Waals surface area contributed by atoms with E-state index in [1.807, 2.05) is 30.0 Å². The molecule has 0 bridgehead atoms. The first-order valence-corrected chi connectivity index (χ1v) is 10.7. The van der Waals surface area contributed by atoms with Crippen LogP contribution in [0, 0.1) is 0 Å². The third-order valence-corrected chi connectivity index (χ3v) is 6.48. The molecule has 1 aliphatic heterocycles. The van der Waals surface area contributed by atoms with Gasteiger partial charge in [0.25, 0.3) is 5.56 Å². The van der Waals surface area contributed by atoms with Crippen LogP contribution in [0.2, 0.25) is 0 Å². The number of benzene rings is 1. The smallest absolute Gasteiger partial charge is 0.262 e. The fraction of sp³-hybridized carbons (Fsp3) is 0.550. The molecule has 4 rings (SSSR count). The van der Waals surface area contributed by atoms with Crippen LogP contribution in [0.4, 0.5) is 0 Å². The lowest BCUT2D eigenvalue weighted by molar-refractivity contribution is -0.146. The first-order valence-electron chi connectivity index (χ1n) is 9.72. The van der Waals surface area contributed by atoms with Crippen molar-refractivity contribution in [2.24, 2.45) is 0 Å². The number of morpholine rings is 1. The van der Waals surface area contributed by atoms with Crippen molar-refractivity contribution in [3.63, 3.8) is 0 Å². The van der Waals surface area contributed by atoms with Gasteiger partial charge in [-0.3, -0.25) is 14.2 Å². The van der Waals surface area contributed by atoms with Gasteiger partial charge in [-0.25, -0.2) is 4.98 Å². The molecule has 1 aromatic carbocycles. The molecule has 1 saturated carbocycles. The van der Waals surface area contributed by atoms with Gasteiger partial charge in [-0.15, -0.1) is 0 Å². The molecule has 1 saturated heterocycles. The second-order valence-corrected chi connectivity index (χ2v) is 8.04. The summed E-state index contributed by atoms with van der Waals surface area (Å²) in [6, 6.07) is 7.57. The summed E-state index contributed by atoms with van der Waals surface area (Å²) in [5.74, 6) is 0.416. The van der Waals surface area contributed by atoms with Crippen LogP contribution in [0.25, 0.3) is 10.9 Å². The highest BCUT2D eigenvalue weighted by Gasteiger charge is 2.36. The van der Waals surface area contributed by atoms with Gasteiger partial charge < -0.3 is 9.64 Å². The molecule has 0 radical (unpaired) electrons. The summed E-state index contributed by atoms with van der Waals surface area (Å²) in [6.45, 7) is 3.74. The van der Waals surface area contributed by atoms with Crippen LogP contribution in [-0.2, 0) is 16.1 Å². The Morgan fingerprint density at radius 1 is 1.30 bits per heavy atom. The maximum absolute atomic E-state index is 12.9. The monoisotopic (exact) mass is 387 g/mol. The van der Waals surface area contributed by atoms with Crippen LogP contribution < -0.4 is 5.56 Å². The van der Waals surface area contributed by atoms with Gasteiger partial charge in [0.2, 0.25) is 5.91 Å². The fourth-order valence-corrected chi connectivity index (χ4v) is 5.10. The number of carbonyl (C=O) groups is 1. The van der Waals surface area contributed by atoms with Crippen LogP contribution in [0.15, 0.2) is 34.2 Å². The Balaban J connectivity index is 1.52. The predicted octanol–water partition coefficient (Wildman–Crippen LogP) is 2.68. The molecule has 0 spiro atoms. The Morgan fingerprint density at radius 2 is 2.11 bits per heavy atom. The van der Waals surface area contributed by atoms with Gasteiger partial charge in [-0.2, -0.15) is 0 Å². The van der Waals surface area contributed by atoms with Crippen LogP contribution in [0.1, 0.15) is 32.6 Å². The lowest BCUT2D eigenvalue weighted by atomic mass is 9.90. The minimum atomic E-state index is -0.0447. The molecule has 2 unspecified atom stereocenters. The molecule has 144 valence electrons. The quantitative estimate of drug-likeness (QED) is 0.596. The fourth-order valence-electron chi connectivity index (χ4n) is 4.15. The van der Waals surface area contributed by atoms with Crippen LogP contribution in [0.3, 0.4) is 0 Å².